The summed E-state index contributed by atoms with van der Waals surface area (Å²) in [6, 6.07) is 11.6. The predicted octanol–water partition coefficient (Wildman–Crippen LogP) is 3.78. The molecule has 5 nitrogen and oxygen atoms in total. The number of amides is 2. The SMILES string of the molecule is C=CCNC(=O)C(CC)Oc1ccc2c(c1)C(c1cccc(F)c1)N(C(C)=O)CC2. The van der Waals surface area contributed by atoms with Crippen molar-refractivity contribution >= 4 is 11.8 Å². The second kappa shape index (κ2) is 9.57. The van der Waals surface area contributed by atoms with Crippen molar-refractivity contribution < 1.29 is 18.7 Å². The lowest BCUT2D eigenvalue weighted by Crippen LogP contribution is -2.39. The number of nitrogens with one attached hydrogen (secondary N) is 1. The number of hydrogen-bond acceptors (Lipinski definition) is 3. The van der Waals surface area contributed by atoms with Crippen molar-refractivity contribution in [2.24, 2.45) is 0 Å². The molecule has 1 heterocycles. The highest BCUT2D eigenvalue weighted by atomic mass is 19.1. The third-order valence-corrected chi connectivity index (χ3v) is 5.28. The van der Waals surface area contributed by atoms with Crippen LogP contribution in [0.1, 0.15) is 43.0 Å². The molecule has 2 amide bonds. The van der Waals surface area contributed by atoms with E-state index in [1.807, 2.05) is 31.2 Å². The molecule has 2 unspecified atom stereocenters. The highest BCUT2D eigenvalue weighted by Crippen LogP contribution is 2.37. The second-order valence-electron chi connectivity index (χ2n) is 7.33. The van der Waals surface area contributed by atoms with Crippen LogP contribution in [0, 0.1) is 5.82 Å². The van der Waals surface area contributed by atoms with Crippen LogP contribution >= 0.6 is 0 Å². The molecule has 0 bridgehead atoms. The normalized spacial score (nSPS) is 16.4. The number of fused-ring (bicyclic) bond motifs is 1. The third kappa shape index (κ3) is 4.70. The maximum atomic E-state index is 13.9. The van der Waals surface area contributed by atoms with E-state index in [2.05, 4.69) is 11.9 Å². The highest BCUT2D eigenvalue weighted by molar-refractivity contribution is 5.81. The van der Waals surface area contributed by atoms with Crippen LogP contribution in [0.15, 0.2) is 55.1 Å². The monoisotopic (exact) mass is 410 g/mol. The summed E-state index contributed by atoms with van der Waals surface area (Å²) in [6.45, 7) is 7.94. The molecule has 0 fully saturated rings. The number of carbonyl (C=O) groups excluding carboxylic acids is 2. The van der Waals surface area contributed by atoms with Crippen LogP contribution in [-0.2, 0) is 16.0 Å². The van der Waals surface area contributed by atoms with Crippen molar-refractivity contribution in [3.63, 3.8) is 0 Å². The minimum absolute atomic E-state index is 0.0727. The van der Waals surface area contributed by atoms with Crippen LogP contribution in [0.2, 0.25) is 0 Å². The van der Waals surface area contributed by atoms with E-state index in [-0.39, 0.29) is 17.6 Å². The first-order valence-corrected chi connectivity index (χ1v) is 10.1. The van der Waals surface area contributed by atoms with E-state index >= 15 is 0 Å². The fourth-order valence-electron chi connectivity index (χ4n) is 3.81. The average Bonchev–Trinajstić information content (AvgIpc) is 2.74. The lowest BCUT2D eigenvalue weighted by molar-refractivity contribution is -0.131. The number of ether oxygens (including phenoxy) is 1. The molecule has 1 aliphatic rings. The van der Waals surface area contributed by atoms with Crippen LogP contribution in [0.5, 0.6) is 5.75 Å². The first-order valence-electron chi connectivity index (χ1n) is 10.1. The Morgan fingerprint density at radius 1 is 1.33 bits per heavy atom. The van der Waals surface area contributed by atoms with Gasteiger partial charge in [-0.2, -0.15) is 0 Å². The van der Waals surface area contributed by atoms with Gasteiger partial charge in [-0.3, -0.25) is 9.59 Å². The van der Waals surface area contributed by atoms with Gasteiger partial charge in [-0.15, -0.1) is 6.58 Å². The van der Waals surface area contributed by atoms with Crippen molar-refractivity contribution in [1.29, 1.82) is 0 Å². The molecular weight excluding hydrogens is 383 g/mol. The lowest BCUT2D eigenvalue weighted by Gasteiger charge is -2.37. The number of rotatable bonds is 7. The molecule has 0 saturated carbocycles. The van der Waals surface area contributed by atoms with Gasteiger partial charge in [0.2, 0.25) is 5.91 Å². The Kier molecular flexibility index (Phi) is 6.87. The Balaban J connectivity index is 1.96. The smallest absolute Gasteiger partial charge is 0.261 e. The van der Waals surface area contributed by atoms with Crippen LogP contribution < -0.4 is 10.1 Å². The number of halogens is 1. The quantitative estimate of drug-likeness (QED) is 0.707. The van der Waals surface area contributed by atoms with E-state index in [1.54, 1.807) is 17.0 Å². The Morgan fingerprint density at radius 3 is 2.80 bits per heavy atom. The Bertz CT molecular complexity index is 944. The molecule has 0 spiro atoms. The van der Waals surface area contributed by atoms with Gasteiger partial charge >= 0.3 is 0 Å². The summed E-state index contributed by atoms with van der Waals surface area (Å²) in [5.74, 6) is -0.0831. The minimum Gasteiger partial charge on any atom is -0.481 e. The van der Waals surface area contributed by atoms with E-state index < -0.39 is 12.1 Å². The zero-order valence-corrected chi connectivity index (χ0v) is 17.4. The maximum Gasteiger partial charge on any atom is 0.261 e. The molecule has 0 aromatic heterocycles. The Labute approximate surface area is 176 Å². The van der Waals surface area contributed by atoms with Gasteiger partial charge in [-0.25, -0.2) is 4.39 Å². The van der Waals surface area contributed by atoms with Gasteiger partial charge in [0.15, 0.2) is 6.10 Å². The molecule has 0 radical (unpaired) electrons. The summed E-state index contributed by atoms with van der Waals surface area (Å²) in [6.07, 6.45) is 2.19. The average molecular weight is 410 g/mol. The summed E-state index contributed by atoms with van der Waals surface area (Å²) in [4.78, 5) is 26.4. The van der Waals surface area contributed by atoms with E-state index in [4.69, 9.17) is 4.74 Å². The van der Waals surface area contributed by atoms with Gasteiger partial charge in [0.25, 0.3) is 5.91 Å². The zero-order valence-electron chi connectivity index (χ0n) is 17.4. The highest BCUT2D eigenvalue weighted by Gasteiger charge is 2.31. The van der Waals surface area contributed by atoms with Crippen LogP contribution in [0.4, 0.5) is 4.39 Å². The molecule has 158 valence electrons. The molecule has 30 heavy (non-hydrogen) atoms. The molecule has 0 saturated heterocycles. The van der Waals surface area contributed by atoms with Crippen LogP contribution in [-0.4, -0.2) is 35.9 Å². The standard InChI is InChI=1S/C24H27FN2O3/c1-4-12-26-24(29)22(5-2)30-20-10-9-17-11-13-27(16(3)28)23(21(17)15-20)18-7-6-8-19(25)14-18/h4,6-10,14-15,22-23H,1,5,11-13H2,2-3H3,(H,26,29). The van der Waals surface area contributed by atoms with E-state index in [0.29, 0.717) is 37.2 Å². The van der Waals surface area contributed by atoms with Crippen LogP contribution in [0.3, 0.4) is 0 Å². The molecule has 2 atom stereocenters. The fourth-order valence-corrected chi connectivity index (χ4v) is 3.81. The molecule has 6 heteroatoms. The first-order chi connectivity index (χ1) is 14.4. The minimum atomic E-state index is -0.636. The third-order valence-electron chi connectivity index (χ3n) is 5.28. The largest absolute Gasteiger partial charge is 0.481 e. The summed E-state index contributed by atoms with van der Waals surface area (Å²) >= 11 is 0. The molecule has 2 aromatic carbocycles. The van der Waals surface area contributed by atoms with E-state index in [9.17, 15) is 14.0 Å². The van der Waals surface area contributed by atoms with E-state index in [1.165, 1.54) is 19.1 Å². The fraction of sp³-hybridized carbons (Fsp3) is 0.333. The molecule has 0 aliphatic carbocycles. The Morgan fingerprint density at radius 2 is 2.13 bits per heavy atom. The number of nitrogens with zero attached hydrogens (tertiary/aromatic N) is 1. The number of hydrogen-bond donors (Lipinski definition) is 1. The van der Waals surface area contributed by atoms with Gasteiger partial charge in [0, 0.05) is 20.0 Å². The molecule has 1 N–H and O–H groups in total. The van der Waals surface area contributed by atoms with Gasteiger partial charge in [0.05, 0.1) is 6.04 Å². The van der Waals surface area contributed by atoms with Crippen LogP contribution in [0.25, 0.3) is 0 Å². The van der Waals surface area contributed by atoms with Crippen molar-refractivity contribution in [2.45, 2.75) is 38.8 Å². The molecule has 3 rings (SSSR count). The number of carbonyl (C=O) groups is 2. The molecular formula is C24H27FN2O3. The summed E-state index contributed by atoms with van der Waals surface area (Å²) < 4.78 is 19.9. The Hall–Kier alpha value is -3.15. The topological polar surface area (TPSA) is 58.6 Å². The van der Waals surface area contributed by atoms with Crippen molar-refractivity contribution in [1.82, 2.24) is 10.2 Å². The van der Waals surface area contributed by atoms with Gasteiger partial charge < -0.3 is 15.0 Å². The van der Waals surface area contributed by atoms with Crippen molar-refractivity contribution in [3.8, 4) is 5.75 Å². The van der Waals surface area contributed by atoms with Crippen molar-refractivity contribution in [3.05, 3.63) is 77.6 Å². The summed E-state index contributed by atoms with van der Waals surface area (Å²) in [7, 11) is 0. The zero-order chi connectivity index (χ0) is 21.7. The molecule has 2 aromatic rings. The predicted molar refractivity (Wildman–Crippen MR) is 114 cm³/mol. The first kappa shape index (κ1) is 21.6. The van der Waals surface area contributed by atoms with Gasteiger partial charge in [-0.1, -0.05) is 31.2 Å². The lowest BCUT2D eigenvalue weighted by atomic mass is 9.88. The molecule has 1 aliphatic heterocycles. The summed E-state index contributed by atoms with van der Waals surface area (Å²) in [5, 5.41) is 2.75. The number of benzene rings is 2. The van der Waals surface area contributed by atoms with Gasteiger partial charge in [0.1, 0.15) is 11.6 Å². The van der Waals surface area contributed by atoms with E-state index in [0.717, 1.165) is 11.1 Å². The van der Waals surface area contributed by atoms with Gasteiger partial charge in [-0.05, 0) is 53.8 Å². The summed E-state index contributed by atoms with van der Waals surface area (Å²) in [5.41, 5.74) is 2.68. The van der Waals surface area contributed by atoms with Crippen molar-refractivity contribution in [2.75, 3.05) is 13.1 Å². The second-order valence-corrected chi connectivity index (χ2v) is 7.33. The maximum absolute atomic E-state index is 13.9.